The Labute approximate surface area is 116 Å². The van der Waals surface area contributed by atoms with Crippen LogP contribution in [0.25, 0.3) is 11.8 Å². The van der Waals surface area contributed by atoms with Gasteiger partial charge in [-0.3, -0.25) is 0 Å². The SMILES string of the molecule is Cc1ccc(C)n1-c1ccccc1C=CC(C)(C)C. The first kappa shape index (κ1) is 13.7. The number of para-hydroxylation sites is 1. The van der Waals surface area contributed by atoms with Crippen LogP contribution in [0.1, 0.15) is 37.7 Å². The van der Waals surface area contributed by atoms with Crippen LogP contribution in [-0.4, -0.2) is 4.57 Å². The van der Waals surface area contributed by atoms with Crippen molar-refractivity contribution >= 4 is 6.08 Å². The predicted octanol–water partition coefficient (Wildman–Crippen LogP) is 5.15. The highest BCUT2D eigenvalue weighted by Crippen LogP contribution is 2.23. The molecular formula is C18H23N. The van der Waals surface area contributed by atoms with Crippen molar-refractivity contribution in [3.63, 3.8) is 0 Å². The molecule has 0 saturated carbocycles. The minimum Gasteiger partial charge on any atom is -0.318 e. The van der Waals surface area contributed by atoms with Gasteiger partial charge in [-0.2, -0.15) is 0 Å². The van der Waals surface area contributed by atoms with Crippen molar-refractivity contribution in [2.24, 2.45) is 5.41 Å². The maximum absolute atomic E-state index is 2.31. The summed E-state index contributed by atoms with van der Waals surface area (Å²) in [5.74, 6) is 0. The molecule has 2 rings (SSSR count). The minimum atomic E-state index is 0.202. The molecule has 0 amide bonds. The molecule has 1 heterocycles. The molecule has 2 aromatic rings. The van der Waals surface area contributed by atoms with E-state index in [0.29, 0.717) is 0 Å². The van der Waals surface area contributed by atoms with Gasteiger partial charge in [-0.1, -0.05) is 51.1 Å². The van der Waals surface area contributed by atoms with Gasteiger partial charge in [0.15, 0.2) is 0 Å². The van der Waals surface area contributed by atoms with Crippen molar-refractivity contribution in [1.82, 2.24) is 4.57 Å². The number of benzene rings is 1. The topological polar surface area (TPSA) is 4.93 Å². The van der Waals surface area contributed by atoms with E-state index in [1.54, 1.807) is 0 Å². The zero-order valence-electron chi connectivity index (χ0n) is 12.6. The fraction of sp³-hybridized carbons (Fsp3) is 0.333. The van der Waals surface area contributed by atoms with Crippen LogP contribution >= 0.6 is 0 Å². The third-order valence-electron chi connectivity index (χ3n) is 3.21. The van der Waals surface area contributed by atoms with Gasteiger partial charge in [-0.25, -0.2) is 0 Å². The second-order valence-corrected chi connectivity index (χ2v) is 6.21. The molecule has 0 atom stereocenters. The molecule has 0 aliphatic rings. The van der Waals surface area contributed by atoms with E-state index in [0.717, 1.165) is 0 Å². The molecule has 0 aliphatic heterocycles. The molecule has 100 valence electrons. The Balaban J connectivity index is 2.51. The number of rotatable bonds is 2. The first-order valence-electron chi connectivity index (χ1n) is 6.82. The van der Waals surface area contributed by atoms with Gasteiger partial charge in [0.2, 0.25) is 0 Å². The molecule has 0 radical (unpaired) electrons. The fourth-order valence-corrected chi connectivity index (χ4v) is 2.22. The third kappa shape index (κ3) is 3.17. The maximum Gasteiger partial charge on any atom is 0.0527 e. The lowest BCUT2D eigenvalue weighted by molar-refractivity contribution is 0.547. The molecule has 19 heavy (non-hydrogen) atoms. The van der Waals surface area contributed by atoms with Crippen LogP contribution in [0.5, 0.6) is 0 Å². The van der Waals surface area contributed by atoms with Crippen LogP contribution in [0, 0.1) is 19.3 Å². The number of aromatic nitrogens is 1. The van der Waals surface area contributed by atoms with E-state index in [1.165, 1.54) is 22.6 Å². The highest BCUT2D eigenvalue weighted by Gasteiger charge is 2.08. The van der Waals surface area contributed by atoms with E-state index >= 15 is 0 Å². The molecule has 1 nitrogen and oxygen atoms in total. The van der Waals surface area contributed by atoms with Crippen molar-refractivity contribution in [3.05, 3.63) is 59.4 Å². The number of nitrogens with zero attached hydrogens (tertiary/aromatic N) is 1. The third-order valence-corrected chi connectivity index (χ3v) is 3.21. The quantitative estimate of drug-likeness (QED) is 0.697. The van der Waals surface area contributed by atoms with E-state index < -0.39 is 0 Å². The van der Waals surface area contributed by atoms with E-state index in [9.17, 15) is 0 Å². The van der Waals surface area contributed by atoms with Gasteiger partial charge < -0.3 is 4.57 Å². The van der Waals surface area contributed by atoms with E-state index in [2.05, 4.69) is 87.7 Å². The van der Waals surface area contributed by atoms with Gasteiger partial charge in [0.1, 0.15) is 0 Å². The van der Waals surface area contributed by atoms with E-state index in [4.69, 9.17) is 0 Å². The van der Waals surface area contributed by atoms with E-state index in [1.807, 2.05) is 0 Å². The van der Waals surface area contributed by atoms with Crippen LogP contribution < -0.4 is 0 Å². The van der Waals surface area contributed by atoms with Gasteiger partial charge in [0, 0.05) is 11.4 Å². The molecule has 1 heteroatoms. The molecule has 0 bridgehead atoms. The summed E-state index contributed by atoms with van der Waals surface area (Å²) in [5, 5.41) is 0. The van der Waals surface area contributed by atoms with Gasteiger partial charge in [-0.05, 0) is 43.0 Å². The average molecular weight is 253 g/mol. The van der Waals surface area contributed by atoms with Crippen LogP contribution in [-0.2, 0) is 0 Å². The van der Waals surface area contributed by atoms with Crippen molar-refractivity contribution in [2.75, 3.05) is 0 Å². The van der Waals surface area contributed by atoms with Crippen LogP contribution in [0.2, 0.25) is 0 Å². The standard InChI is InChI=1S/C18H23N/c1-14-10-11-15(2)19(14)17-9-7-6-8-16(17)12-13-18(3,4)5/h6-13H,1-5H3. The molecule has 0 spiro atoms. The Morgan fingerprint density at radius 2 is 1.47 bits per heavy atom. The van der Waals surface area contributed by atoms with Crippen LogP contribution in [0.3, 0.4) is 0 Å². The molecule has 1 aromatic heterocycles. The van der Waals surface area contributed by atoms with Crippen LogP contribution in [0.15, 0.2) is 42.5 Å². The molecule has 0 unspecified atom stereocenters. The number of hydrogen-bond acceptors (Lipinski definition) is 0. The lowest BCUT2D eigenvalue weighted by Gasteiger charge is -2.15. The van der Waals surface area contributed by atoms with Crippen LogP contribution in [0.4, 0.5) is 0 Å². The molecule has 0 N–H and O–H groups in total. The Bertz CT molecular complexity index is 575. The Morgan fingerprint density at radius 3 is 2.05 bits per heavy atom. The second-order valence-electron chi connectivity index (χ2n) is 6.21. The highest BCUT2D eigenvalue weighted by molar-refractivity contribution is 5.62. The largest absolute Gasteiger partial charge is 0.318 e. The minimum absolute atomic E-state index is 0.202. The van der Waals surface area contributed by atoms with Crippen molar-refractivity contribution < 1.29 is 0 Å². The van der Waals surface area contributed by atoms with Gasteiger partial charge >= 0.3 is 0 Å². The molecular weight excluding hydrogens is 230 g/mol. The molecule has 0 saturated heterocycles. The normalized spacial score (nSPS) is 12.3. The predicted molar refractivity (Wildman–Crippen MR) is 83.7 cm³/mol. The Kier molecular flexibility index (Phi) is 3.66. The smallest absolute Gasteiger partial charge is 0.0527 e. The van der Waals surface area contributed by atoms with Crippen molar-refractivity contribution in [2.45, 2.75) is 34.6 Å². The van der Waals surface area contributed by atoms with E-state index in [-0.39, 0.29) is 5.41 Å². The Hall–Kier alpha value is -1.76. The lowest BCUT2D eigenvalue weighted by atomic mass is 9.95. The monoisotopic (exact) mass is 253 g/mol. The Morgan fingerprint density at radius 1 is 0.895 bits per heavy atom. The molecule has 0 fully saturated rings. The summed E-state index contributed by atoms with van der Waals surface area (Å²) in [7, 11) is 0. The maximum atomic E-state index is 2.31. The lowest BCUT2D eigenvalue weighted by Crippen LogP contribution is -2.02. The second kappa shape index (κ2) is 5.08. The fourth-order valence-electron chi connectivity index (χ4n) is 2.22. The molecule has 1 aromatic carbocycles. The number of allylic oxidation sites excluding steroid dienone is 1. The summed E-state index contributed by atoms with van der Waals surface area (Å²) in [6, 6.07) is 12.9. The highest BCUT2D eigenvalue weighted by atomic mass is 15.0. The van der Waals surface area contributed by atoms with Crippen molar-refractivity contribution in [3.8, 4) is 5.69 Å². The zero-order valence-corrected chi connectivity index (χ0v) is 12.6. The van der Waals surface area contributed by atoms with Crippen molar-refractivity contribution in [1.29, 1.82) is 0 Å². The summed E-state index contributed by atoms with van der Waals surface area (Å²) in [4.78, 5) is 0. The summed E-state index contributed by atoms with van der Waals surface area (Å²) >= 11 is 0. The zero-order chi connectivity index (χ0) is 14.0. The summed E-state index contributed by atoms with van der Waals surface area (Å²) in [5.41, 5.74) is 5.26. The summed E-state index contributed by atoms with van der Waals surface area (Å²) < 4.78 is 2.31. The number of hydrogen-bond donors (Lipinski definition) is 0. The molecule has 0 aliphatic carbocycles. The van der Waals surface area contributed by atoms with Gasteiger partial charge in [0.25, 0.3) is 0 Å². The first-order chi connectivity index (χ1) is 8.88. The summed E-state index contributed by atoms with van der Waals surface area (Å²) in [6.07, 6.45) is 4.49. The van der Waals surface area contributed by atoms with Gasteiger partial charge in [-0.15, -0.1) is 0 Å². The number of aryl methyl sites for hydroxylation is 2. The van der Waals surface area contributed by atoms with Gasteiger partial charge in [0.05, 0.1) is 5.69 Å². The summed E-state index contributed by atoms with van der Waals surface area (Å²) in [6.45, 7) is 11.0. The first-order valence-corrected chi connectivity index (χ1v) is 6.82. The average Bonchev–Trinajstić information content (AvgIpc) is 2.66.